The predicted octanol–water partition coefficient (Wildman–Crippen LogP) is 2.89. The Labute approximate surface area is 109 Å². The summed E-state index contributed by atoms with van der Waals surface area (Å²) in [5.41, 5.74) is 7.37. The molecule has 0 radical (unpaired) electrons. The van der Waals surface area contributed by atoms with E-state index in [4.69, 9.17) is 10.5 Å². The first-order valence-electron chi connectivity index (χ1n) is 6.13. The van der Waals surface area contributed by atoms with Crippen molar-refractivity contribution in [3.05, 3.63) is 53.6 Å². The molecule has 0 aliphatic carbocycles. The van der Waals surface area contributed by atoms with Crippen LogP contribution in [-0.4, -0.2) is 12.6 Å². The average molecular weight is 261 g/mol. The van der Waals surface area contributed by atoms with Crippen LogP contribution in [0, 0.1) is 11.6 Å². The van der Waals surface area contributed by atoms with Crippen molar-refractivity contribution in [2.24, 2.45) is 5.73 Å². The van der Waals surface area contributed by atoms with Crippen LogP contribution in [0.3, 0.4) is 0 Å². The summed E-state index contributed by atoms with van der Waals surface area (Å²) in [6.07, 6.45) is 0.615. The topological polar surface area (TPSA) is 35.2 Å². The van der Waals surface area contributed by atoms with Crippen LogP contribution >= 0.6 is 0 Å². The number of hydrogen-bond donors (Lipinski definition) is 1. The molecule has 98 valence electrons. The van der Waals surface area contributed by atoms with Crippen LogP contribution in [0.1, 0.15) is 5.56 Å². The highest BCUT2D eigenvalue weighted by Gasteiger charge is 2.25. The number of para-hydroxylation sites is 1. The highest BCUT2D eigenvalue weighted by atomic mass is 19.2. The molecule has 3 rings (SSSR count). The van der Waals surface area contributed by atoms with Crippen LogP contribution in [0.25, 0.3) is 11.1 Å². The molecule has 1 aliphatic rings. The molecule has 2 nitrogen and oxygen atoms in total. The van der Waals surface area contributed by atoms with Gasteiger partial charge in [0.15, 0.2) is 11.6 Å². The van der Waals surface area contributed by atoms with E-state index in [0.29, 0.717) is 24.3 Å². The summed E-state index contributed by atoms with van der Waals surface area (Å²) >= 11 is 0. The lowest BCUT2D eigenvalue weighted by Gasteiger charge is -2.11. The molecule has 2 aromatic rings. The quantitative estimate of drug-likeness (QED) is 0.902. The first-order valence-corrected chi connectivity index (χ1v) is 6.13. The van der Waals surface area contributed by atoms with Crippen LogP contribution in [-0.2, 0) is 6.42 Å². The van der Waals surface area contributed by atoms with Gasteiger partial charge in [0.1, 0.15) is 11.9 Å². The molecule has 19 heavy (non-hydrogen) atoms. The summed E-state index contributed by atoms with van der Waals surface area (Å²) in [4.78, 5) is 0. The molecule has 2 N–H and O–H groups in total. The Kier molecular flexibility index (Phi) is 2.95. The molecular formula is C15H13F2NO. The highest BCUT2D eigenvalue weighted by Crippen LogP contribution is 2.39. The van der Waals surface area contributed by atoms with E-state index in [-0.39, 0.29) is 11.7 Å². The van der Waals surface area contributed by atoms with E-state index in [1.807, 2.05) is 12.1 Å². The largest absolute Gasteiger partial charge is 0.488 e. The normalized spacial score (nSPS) is 17.1. The summed E-state index contributed by atoms with van der Waals surface area (Å²) in [5.74, 6) is -1.10. The SMILES string of the molecule is NC[C@H]1Cc2cccc(-c3cccc(F)c3F)c2O1. The van der Waals surface area contributed by atoms with Crippen LogP contribution < -0.4 is 10.5 Å². The van der Waals surface area contributed by atoms with Crippen molar-refractivity contribution in [1.82, 2.24) is 0 Å². The fourth-order valence-corrected chi connectivity index (χ4v) is 2.39. The van der Waals surface area contributed by atoms with E-state index in [0.717, 1.165) is 11.6 Å². The summed E-state index contributed by atoms with van der Waals surface area (Å²) in [6, 6.07) is 9.61. The molecule has 4 heteroatoms. The molecule has 0 fully saturated rings. The van der Waals surface area contributed by atoms with Gasteiger partial charge in [0.2, 0.25) is 0 Å². The zero-order valence-electron chi connectivity index (χ0n) is 10.2. The van der Waals surface area contributed by atoms with Gasteiger partial charge < -0.3 is 10.5 Å². The molecule has 0 bridgehead atoms. The van der Waals surface area contributed by atoms with Crippen molar-refractivity contribution in [3.8, 4) is 16.9 Å². The number of fused-ring (bicyclic) bond motifs is 1. The zero-order chi connectivity index (χ0) is 13.4. The van der Waals surface area contributed by atoms with Crippen LogP contribution in [0.5, 0.6) is 5.75 Å². The van der Waals surface area contributed by atoms with Gasteiger partial charge in [0, 0.05) is 24.1 Å². The van der Waals surface area contributed by atoms with E-state index >= 15 is 0 Å². The minimum absolute atomic E-state index is 0.0900. The molecular weight excluding hydrogens is 248 g/mol. The van der Waals surface area contributed by atoms with E-state index in [1.165, 1.54) is 6.07 Å². The third-order valence-electron chi connectivity index (χ3n) is 3.33. The summed E-state index contributed by atoms with van der Waals surface area (Å²) in [5, 5.41) is 0. The van der Waals surface area contributed by atoms with E-state index < -0.39 is 11.6 Å². The molecule has 0 spiro atoms. The number of nitrogens with two attached hydrogens (primary N) is 1. The number of halogens is 2. The minimum atomic E-state index is -0.858. The van der Waals surface area contributed by atoms with Gasteiger partial charge in [-0.05, 0) is 11.6 Å². The molecule has 1 aliphatic heterocycles. The maximum Gasteiger partial charge on any atom is 0.166 e. The summed E-state index contributed by atoms with van der Waals surface area (Å²) in [6.45, 7) is 0.403. The molecule has 2 aromatic carbocycles. The van der Waals surface area contributed by atoms with Gasteiger partial charge in [-0.1, -0.05) is 30.3 Å². The van der Waals surface area contributed by atoms with Gasteiger partial charge in [0.05, 0.1) is 0 Å². The second-order valence-electron chi connectivity index (χ2n) is 4.57. The lowest BCUT2D eigenvalue weighted by molar-refractivity contribution is 0.242. The van der Waals surface area contributed by atoms with Gasteiger partial charge in [-0.25, -0.2) is 8.78 Å². The standard InChI is InChI=1S/C15H13F2NO/c16-13-6-2-4-11(14(13)17)12-5-1-3-9-7-10(8-18)19-15(9)12/h1-6,10H,7-8,18H2/t10-/m1/s1. The second kappa shape index (κ2) is 4.63. The third-order valence-corrected chi connectivity index (χ3v) is 3.33. The fourth-order valence-electron chi connectivity index (χ4n) is 2.39. The molecule has 0 amide bonds. The maximum atomic E-state index is 13.9. The molecule has 1 atom stereocenters. The lowest BCUT2D eigenvalue weighted by Crippen LogP contribution is -2.24. The Morgan fingerprint density at radius 2 is 1.84 bits per heavy atom. The number of rotatable bonds is 2. The minimum Gasteiger partial charge on any atom is -0.488 e. The Morgan fingerprint density at radius 1 is 1.11 bits per heavy atom. The van der Waals surface area contributed by atoms with Crippen molar-refractivity contribution in [2.75, 3.05) is 6.54 Å². The van der Waals surface area contributed by atoms with Gasteiger partial charge in [-0.2, -0.15) is 0 Å². The van der Waals surface area contributed by atoms with E-state index in [9.17, 15) is 8.78 Å². The van der Waals surface area contributed by atoms with Crippen molar-refractivity contribution >= 4 is 0 Å². The summed E-state index contributed by atoms with van der Waals surface area (Å²) in [7, 11) is 0. The van der Waals surface area contributed by atoms with Crippen LogP contribution in [0.4, 0.5) is 8.78 Å². The first-order chi connectivity index (χ1) is 9.20. The van der Waals surface area contributed by atoms with Crippen molar-refractivity contribution < 1.29 is 13.5 Å². The molecule has 0 unspecified atom stereocenters. The van der Waals surface area contributed by atoms with Gasteiger partial charge in [-0.15, -0.1) is 0 Å². The first kappa shape index (κ1) is 12.1. The zero-order valence-corrected chi connectivity index (χ0v) is 10.2. The van der Waals surface area contributed by atoms with E-state index in [1.54, 1.807) is 12.1 Å². The van der Waals surface area contributed by atoms with Crippen LogP contribution in [0.2, 0.25) is 0 Å². The van der Waals surface area contributed by atoms with Gasteiger partial charge in [-0.3, -0.25) is 0 Å². The number of ether oxygens (including phenoxy) is 1. The number of hydrogen-bond acceptors (Lipinski definition) is 2. The third kappa shape index (κ3) is 1.98. The van der Waals surface area contributed by atoms with Gasteiger partial charge >= 0.3 is 0 Å². The second-order valence-corrected chi connectivity index (χ2v) is 4.57. The highest BCUT2D eigenvalue weighted by molar-refractivity contribution is 5.73. The van der Waals surface area contributed by atoms with Crippen molar-refractivity contribution in [1.29, 1.82) is 0 Å². The maximum absolute atomic E-state index is 13.9. The lowest BCUT2D eigenvalue weighted by atomic mass is 10.00. The monoisotopic (exact) mass is 261 g/mol. The Balaban J connectivity index is 2.13. The molecule has 0 saturated carbocycles. The molecule has 1 heterocycles. The van der Waals surface area contributed by atoms with E-state index in [2.05, 4.69) is 0 Å². The number of benzene rings is 2. The van der Waals surface area contributed by atoms with Crippen molar-refractivity contribution in [2.45, 2.75) is 12.5 Å². The molecule has 0 aromatic heterocycles. The Morgan fingerprint density at radius 3 is 2.63 bits per heavy atom. The van der Waals surface area contributed by atoms with Gasteiger partial charge in [0.25, 0.3) is 0 Å². The predicted molar refractivity (Wildman–Crippen MR) is 69.0 cm³/mol. The Bertz CT molecular complexity index is 628. The van der Waals surface area contributed by atoms with Crippen molar-refractivity contribution in [3.63, 3.8) is 0 Å². The Hall–Kier alpha value is -1.94. The average Bonchev–Trinajstić information content (AvgIpc) is 2.85. The smallest absolute Gasteiger partial charge is 0.166 e. The summed E-state index contributed by atoms with van der Waals surface area (Å²) < 4.78 is 32.9. The van der Waals surface area contributed by atoms with Crippen LogP contribution in [0.15, 0.2) is 36.4 Å². The fraction of sp³-hybridized carbons (Fsp3) is 0.200. The molecule has 0 saturated heterocycles.